The molecule has 0 N–H and O–H groups in total. The molecule has 1 atom stereocenters. The van der Waals surface area contributed by atoms with Crippen LogP contribution in [0, 0.1) is 5.92 Å². The van der Waals surface area contributed by atoms with E-state index in [1.807, 2.05) is 6.92 Å². The average molecular weight is 547 g/mol. The van der Waals surface area contributed by atoms with Crippen LogP contribution in [0.25, 0.3) is 11.4 Å². The summed E-state index contributed by atoms with van der Waals surface area (Å²) >= 11 is 0. The second-order valence-electron chi connectivity index (χ2n) is 9.79. The average Bonchev–Trinajstić information content (AvgIpc) is 3.25. The molecule has 4 heterocycles. The summed E-state index contributed by atoms with van der Waals surface area (Å²) in [6, 6.07) is 6.17. The maximum atomic E-state index is 14.3. The van der Waals surface area contributed by atoms with Gasteiger partial charge in [0.2, 0.25) is 0 Å². The van der Waals surface area contributed by atoms with E-state index >= 15 is 0 Å². The van der Waals surface area contributed by atoms with E-state index in [9.17, 15) is 22.8 Å². The molecule has 0 amide bonds. The number of esters is 1. The number of nitrogens with zero attached hydrogens (tertiary/aromatic N) is 6. The smallest absolute Gasteiger partial charge is 0.435 e. The summed E-state index contributed by atoms with van der Waals surface area (Å²) in [4.78, 5) is 30.1. The predicted molar refractivity (Wildman–Crippen MR) is 139 cm³/mol. The third-order valence-corrected chi connectivity index (χ3v) is 6.85. The van der Waals surface area contributed by atoms with Gasteiger partial charge >= 0.3 is 12.1 Å². The highest BCUT2D eigenvalue weighted by molar-refractivity contribution is 5.70. The monoisotopic (exact) mass is 546 g/mol. The number of pyridine rings is 2. The van der Waals surface area contributed by atoms with Crippen LogP contribution in [0.4, 0.5) is 18.9 Å². The highest BCUT2D eigenvalue weighted by Gasteiger charge is 2.39. The van der Waals surface area contributed by atoms with Crippen LogP contribution in [0.3, 0.4) is 0 Å². The standard InChI is InChI=1S/C27H33F3N6O3/c1-4-7-18-9-12-23(37)36(15-18)17-22-25(32-33-34(22)3)20-10-11-21(26(31-20)27(28,29)30)35-13-6-8-19(16-35)14-24(38)39-5-2/h9-12,15,19H,4-8,13-14,16-17H2,1-3H3/t19-/m1/s1. The SMILES string of the molecule is CCCc1ccc(=O)n(Cc2c(-c3ccc(N4CCC[C@H](CC(=O)OCC)C4)c(C(F)(F)F)n3)nnn2C)c1. The van der Waals surface area contributed by atoms with Crippen molar-refractivity contribution in [3.05, 3.63) is 57.8 Å². The molecule has 1 aliphatic rings. The van der Waals surface area contributed by atoms with Gasteiger partial charge in [0, 0.05) is 32.4 Å². The molecule has 9 nitrogen and oxygen atoms in total. The van der Waals surface area contributed by atoms with Crippen LogP contribution < -0.4 is 10.5 Å². The molecule has 1 saturated heterocycles. The van der Waals surface area contributed by atoms with Gasteiger partial charge in [0.25, 0.3) is 5.56 Å². The number of rotatable bonds is 9. The molecule has 1 aliphatic heterocycles. The molecule has 0 aromatic carbocycles. The van der Waals surface area contributed by atoms with Crippen LogP contribution >= 0.6 is 0 Å². The third-order valence-electron chi connectivity index (χ3n) is 6.85. The number of hydrogen-bond acceptors (Lipinski definition) is 7. The van der Waals surface area contributed by atoms with Gasteiger partial charge in [0.15, 0.2) is 5.69 Å². The van der Waals surface area contributed by atoms with Crippen molar-refractivity contribution in [2.75, 3.05) is 24.6 Å². The van der Waals surface area contributed by atoms with Crippen molar-refractivity contribution in [1.82, 2.24) is 24.5 Å². The van der Waals surface area contributed by atoms with E-state index in [4.69, 9.17) is 4.74 Å². The fourth-order valence-corrected chi connectivity index (χ4v) is 5.01. The summed E-state index contributed by atoms with van der Waals surface area (Å²) < 4.78 is 50.8. The molecule has 0 spiro atoms. The Morgan fingerprint density at radius 2 is 1.97 bits per heavy atom. The van der Waals surface area contributed by atoms with E-state index in [-0.39, 0.29) is 54.1 Å². The lowest BCUT2D eigenvalue weighted by molar-refractivity contribution is -0.144. The Kier molecular flexibility index (Phi) is 8.71. The number of carbonyl (C=O) groups is 1. The van der Waals surface area contributed by atoms with Crippen molar-refractivity contribution in [2.24, 2.45) is 13.0 Å². The summed E-state index contributed by atoms with van der Waals surface area (Å²) in [6.07, 6.45) is 0.308. The zero-order chi connectivity index (χ0) is 28.2. The Bertz CT molecular complexity index is 1370. The molecule has 1 fully saturated rings. The van der Waals surface area contributed by atoms with Gasteiger partial charge in [-0.15, -0.1) is 5.10 Å². The lowest BCUT2D eigenvalue weighted by atomic mass is 9.94. The summed E-state index contributed by atoms with van der Waals surface area (Å²) in [7, 11) is 1.63. The zero-order valence-electron chi connectivity index (χ0n) is 22.4. The van der Waals surface area contributed by atoms with Crippen molar-refractivity contribution < 1.29 is 22.7 Å². The second kappa shape index (κ2) is 12.0. The molecule has 3 aromatic rings. The molecule has 0 unspecified atom stereocenters. The first kappa shape index (κ1) is 28.3. The maximum Gasteiger partial charge on any atom is 0.435 e. The van der Waals surface area contributed by atoms with Gasteiger partial charge in [-0.05, 0) is 49.8 Å². The lowest BCUT2D eigenvalue weighted by Crippen LogP contribution is -2.37. The highest BCUT2D eigenvalue weighted by atomic mass is 19.4. The van der Waals surface area contributed by atoms with Crippen LogP contribution in [-0.2, 0) is 35.7 Å². The number of anilines is 1. The van der Waals surface area contributed by atoms with Crippen LogP contribution in [0.5, 0.6) is 0 Å². The number of ether oxygens (including phenoxy) is 1. The van der Waals surface area contributed by atoms with E-state index in [1.165, 1.54) is 27.4 Å². The largest absolute Gasteiger partial charge is 0.466 e. The number of alkyl halides is 3. The van der Waals surface area contributed by atoms with E-state index in [0.717, 1.165) is 24.8 Å². The van der Waals surface area contributed by atoms with Crippen molar-refractivity contribution in [1.29, 1.82) is 0 Å². The molecular weight excluding hydrogens is 513 g/mol. The van der Waals surface area contributed by atoms with Gasteiger partial charge < -0.3 is 14.2 Å². The van der Waals surface area contributed by atoms with Crippen LogP contribution in [-0.4, -0.2) is 50.2 Å². The Balaban J connectivity index is 1.66. The van der Waals surface area contributed by atoms with Crippen molar-refractivity contribution >= 4 is 11.7 Å². The van der Waals surface area contributed by atoms with Gasteiger partial charge in [-0.25, -0.2) is 9.67 Å². The van der Waals surface area contributed by atoms with Crippen LogP contribution in [0.15, 0.2) is 35.3 Å². The number of piperidine rings is 1. The van der Waals surface area contributed by atoms with Gasteiger partial charge in [-0.2, -0.15) is 13.2 Å². The van der Waals surface area contributed by atoms with Gasteiger partial charge in [-0.3, -0.25) is 9.59 Å². The maximum absolute atomic E-state index is 14.3. The number of halogens is 3. The van der Waals surface area contributed by atoms with Crippen molar-refractivity contribution in [3.63, 3.8) is 0 Å². The first-order chi connectivity index (χ1) is 18.6. The fourth-order valence-electron chi connectivity index (χ4n) is 5.01. The minimum Gasteiger partial charge on any atom is -0.466 e. The molecule has 3 aromatic heterocycles. The minimum atomic E-state index is -4.72. The van der Waals surface area contributed by atoms with E-state index in [2.05, 4.69) is 15.3 Å². The second-order valence-corrected chi connectivity index (χ2v) is 9.79. The number of aromatic nitrogens is 5. The molecule has 0 saturated carbocycles. The highest BCUT2D eigenvalue weighted by Crippen LogP contribution is 2.38. The molecular formula is C27H33F3N6O3. The quantitative estimate of drug-likeness (QED) is 0.371. The molecule has 39 heavy (non-hydrogen) atoms. The summed E-state index contributed by atoms with van der Waals surface area (Å²) in [5, 5.41) is 8.11. The third kappa shape index (κ3) is 6.66. The van der Waals surface area contributed by atoms with E-state index < -0.39 is 11.9 Å². The van der Waals surface area contributed by atoms with Crippen molar-refractivity contribution in [3.8, 4) is 11.4 Å². The molecule has 0 radical (unpaired) electrons. The number of aryl methyl sites for hydroxylation is 2. The first-order valence-electron chi connectivity index (χ1n) is 13.2. The zero-order valence-corrected chi connectivity index (χ0v) is 22.4. The molecule has 12 heteroatoms. The molecule has 0 bridgehead atoms. The van der Waals surface area contributed by atoms with Crippen molar-refractivity contribution in [2.45, 2.75) is 58.7 Å². The normalized spacial score (nSPS) is 15.9. The molecule has 210 valence electrons. The Morgan fingerprint density at radius 3 is 2.69 bits per heavy atom. The Morgan fingerprint density at radius 1 is 1.18 bits per heavy atom. The van der Waals surface area contributed by atoms with Crippen LogP contribution in [0.1, 0.15) is 56.5 Å². The Hall–Kier alpha value is -3.70. The topological polar surface area (TPSA) is 95.1 Å². The van der Waals surface area contributed by atoms with Gasteiger partial charge in [0.05, 0.1) is 36.6 Å². The first-order valence-corrected chi connectivity index (χ1v) is 13.2. The molecule has 4 rings (SSSR count). The van der Waals surface area contributed by atoms with Gasteiger partial charge in [-0.1, -0.05) is 24.6 Å². The summed E-state index contributed by atoms with van der Waals surface area (Å²) in [5.41, 5.74) is 0.367. The number of hydrogen-bond donors (Lipinski definition) is 0. The summed E-state index contributed by atoms with van der Waals surface area (Å²) in [6.45, 7) is 4.84. The lowest BCUT2D eigenvalue weighted by Gasteiger charge is -2.35. The van der Waals surface area contributed by atoms with Crippen LogP contribution in [0.2, 0.25) is 0 Å². The predicted octanol–water partition coefficient (Wildman–Crippen LogP) is 4.23. The van der Waals surface area contributed by atoms with Gasteiger partial charge in [0.1, 0.15) is 5.69 Å². The van der Waals surface area contributed by atoms with E-state index in [1.54, 1.807) is 31.1 Å². The Labute approximate surface area is 224 Å². The van der Waals surface area contributed by atoms with E-state index in [0.29, 0.717) is 25.2 Å². The fraction of sp³-hybridized carbons (Fsp3) is 0.519. The summed E-state index contributed by atoms with van der Waals surface area (Å²) in [5.74, 6) is -0.449. The molecule has 0 aliphatic carbocycles. The minimum absolute atomic E-state index is 0.0204. The number of carbonyl (C=O) groups excluding carboxylic acids is 1.